The molecule has 3 rings (SSSR count). The Labute approximate surface area is 206 Å². The molecule has 0 saturated carbocycles. The lowest BCUT2D eigenvalue weighted by Gasteiger charge is -2.23. The predicted octanol–water partition coefficient (Wildman–Crippen LogP) is 5.82. The number of carbonyl (C=O) groups excluding carboxylic acids is 1. The van der Waals surface area contributed by atoms with Crippen LogP contribution in [0.25, 0.3) is 0 Å². The van der Waals surface area contributed by atoms with Gasteiger partial charge in [0.2, 0.25) is 15.9 Å². The van der Waals surface area contributed by atoms with Gasteiger partial charge in [0.25, 0.3) is 0 Å². The van der Waals surface area contributed by atoms with E-state index in [0.717, 1.165) is 19.9 Å². The fourth-order valence-corrected chi connectivity index (χ4v) is 4.96. The zero-order chi connectivity index (χ0) is 23.3. The van der Waals surface area contributed by atoms with Gasteiger partial charge in [-0.25, -0.2) is 8.42 Å². The molecule has 0 spiro atoms. The van der Waals surface area contributed by atoms with Crippen LogP contribution in [0, 0.1) is 0 Å². The Hall–Kier alpha value is -1.90. The summed E-state index contributed by atoms with van der Waals surface area (Å²) in [6, 6.07) is 19.9. The van der Waals surface area contributed by atoms with E-state index in [1.165, 1.54) is 24.3 Å². The van der Waals surface area contributed by atoms with E-state index in [1.807, 2.05) is 43.3 Å². The Balaban J connectivity index is 1.82. The molecular formula is C23H21BrCl2N2O3S. The summed E-state index contributed by atoms with van der Waals surface area (Å²) in [4.78, 5) is 12.9. The van der Waals surface area contributed by atoms with Gasteiger partial charge in [0.1, 0.15) is 0 Å². The van der Waals surface area contributed by atoms with Crippen molar-refractivity contribution < 1.29 is 13.2 Å². The van der Waals surface area contributed by atoms with Crippen LogP contribution in [0.2, 0.25) is 10.0 Å². The smallest absolute Gasteiger partial charge is 0.243 e. The lowest BCUT2D eigenvalue weighted by molar-refractivity contribution is -0.122. The summed E-state index contributed by atoms with van der Waals surface area (Å²) in [7, 11) is -3.94. The zero-order valence-corrected chi connectivity index (χ0v) is 21.0. The molecule has 5 nitrogen and oxygen atoms in total. The highest BCUT2D eigenvalue weighted by Gasteiger charge is 2.27. The summed E-state index contributed by atoms with van der Waals surface area (Å²) in [5.74, 6) is -0.415. The van der Waals surface area contributed by atoms with Gasteiger partial charge in [-0.1, -0.05) is 63.4 Å². The number of rotatable bonds is 8. The first-order valence-corrected chi connectivity index (χ1v) is 12.7. The average Bonchev–Trinajstić information content (AvgIpc) is 2.75. The van der Waals surface area contributed by atoms with Gasteiger partial charge in [-0.15, -0.1) is 0 Å². The SMILES string of the molecule is C[C@@H](NC(=O)CN(Cc1ccc(Br)cc1)S(=O)(=O)c1ccc(Cl)cc1)c1ccc(Cl)cc1. The third kappa shape index (κ3) is 6.56. The molecule has 168 valence electrons. The number of amides is 1. The lowest BCUT2D eigenvalue weighted by Crippen LogP contribution is -2.41. The molecule has 0 aliphatic carbocycles. The summed E-state index contributed by atoms with van der Waals surface area (Å²) in [5.41, 5.74) is 1.62. The second-order valence-corrected chi connectivity index (χ2v) is 10.9. The van der Waals surface area contributed by atoms with E-state index in [0.29, 0.717) is 10.0 Å². The summed E-state index contributed by atoms with van der Waals surface area (Å²) in [6.45, 7) is 1.54. The van der Waals surface area contributed by atoms with Crippen molar-refractivity contribution in [1.82, 2.24) is 9.62 Å². The summed E-state index contributed by atoms with van der Waals surface area (Å²) < 4.78 is 28.7. The Morgan fingerprint density at radius 2 is 1.47 bits per heavy atom. The van der Waals surface area contributed by atoms with Crippen LogP contribution in [-0.4, -0.2) is 25.2 Å². The zero-order valence-electron chi connectivity index (χ0n) is 17.1. The molecule has 0 unspecified atom stereocenters. The average molecular weight is 556 g/mol. The van der Waals surface area contributed by atoms with E-state index in [1.54, 1.807) is 12.1 Å². The lowest BCUT2D eigenvalue weighted by atomic mass is 10.1. The van der Waals surface area contributed by atoms with E-state index >= 15 is 0 Å². The van der Waals surface area contributed by atoms with Crippen LogP contribution in [0.3, 0.4) is 0 Å². The van der Waals surface area contributed by atoms with Gasteiger partial charge >= 0.3 is 0 Å². The summed E-state index contributed by atoms with van der Waals surface area (Å²) >= 11 is 15.2. The van der Waals surface area contributed by atoms with Crippen molar-refractivity contribution in [3.05, 3.63) is 98.4 Å². The molecule has 0 bridgehead atoms. The number of carbonyl (C=O) groups is 1. The van der Waals surface area contributed by atoms with Gasteiger partial charge in [-0.3, -0.25) is 4.79 Å². The standard InChI is InChI=1S/C23H21BrCl2N2O3S/c1-16(18-4-8-20(25)9-5-18)27-23(29)15-28(14-17-2-6-19(24)7-3-17)32(30,31)22-12-10-21(26)11-13-22/h2-13,16H,14-15H2,1H3,(H,27,29)/t16-/m1/s1. The van der Waals surface area contributed by atoms with Gasteiger partial charge in [0.05, 0.1) is 17.5 Å². The summed E-state index contributed by atoms with van der Waals surface area (Å²) in [6.07, 6.45) is 0. The van der Waals surface area contributed by atoms with E-state index < -0.39 is 15.9 Å². The van der Waals surface area contributed by atoms with E-state index in [2.05, 4.69) is 21.2 Å². The van der Waals surface area contributed by atoms with Crippen molar-refractivity contribution in [3.8, 4) is 0 Å². The van der Waals surface area contributed by atoms with Crippen LogP contribution >= 0.6 is 39.1 Å². The highest BCUT2D eigenvalue weighted by Crippen LogP contribution is 2.22. The minimum atomic E-state index is -3.94. The van der Waals surface area contributed by atoms with Crippen LogP contribution < -0.4 is 5.32 Å². The topological polar surface area (TPSA) is 66.5 Å². The number of nitrogens with zero attached hydrogens (tertiary/aromatic N) is 1. The van der Waals surface area contributed by atoms with Crippen LogP contribution in [-0.2, 0) is 21.4 Å². The van der Waals surface area contributed by atoms with Crippen molar-refractivity contribution >= 4 is 55.1 Å². The van der Waals surface area contributed by atoms with E-state index in [9.17, 15) is 13.2 Å². The Morgan fingerprint density at radius 1 is 0.938 bits per heavy atom. The number of sulfonamides is 1. The first-order valence-electron chi connectivity index (χ1n) is 9.70. The van der Waals surface area contributed by atoms with E-state index in [-0.39, 0.29) is 24.0 Å². The highest BCUT2D eigenvalue weighted by atomic mass is 79.9. The first kappa shape index (κ1) is 24.7. The van der Waals surface area contributed by atoms with Gasteiger partial charge in [-0.2, -0.15) is 4.31 Å². The molecule has 0 heterocycles. The third-order valence-corrected chi connectivity index (χ3v) is 7.63. The second-order valence-electron chi connectivity index (χ2n) is 7.19. The minimum Gasteiger partial charge on any atom is -0.348 e. The van der Waals surface area contributed by atoms with Crippen molar-refractivity contribution in [2.75, 3.05) is 6.54 Å². The molecule has 1 N–H and O–H groups in total. The van der Waals surface area contributed by atoms with Gasteiger partial charge in [-0.05, 0) is 66.6 Å². The van der Waals surface area contributed by atoms with Gasteiger partial charge in [0, 0.05) is 21.1 Å². The van der Waals surface area contributed by atoms with Gasteiger partial charge in [0.15, 0.2) is 0 Å². The maximum Gasteiger partial charge on any atom is 0.243 e. The maximum absolute atomic E-state index is 13.3. The number of hydrogen-bond acceptors (Lipinski definition) is 3. The molecule has 0 aliphatic heterocycles. The Kier molecular flexibility index (Phi) is 8.36. The van der Waals surface area contributed by atoms with Crippen molar-refractivity contribution in [3.63, 3.8) is 0 Å². The summed E-state index contributed by atoms with van der Waals surface area (Å²) in [5, 5.41) is 3.88. The van der Waals surface area contributed by atoms with Crippen LogP contribution in [0.5, 0.6) is 0 Å². The Bertz CT molecular complexity index is 1170. The molecule has 1 amide bonds. The number of halogens is 3. The molecule has 3 aromatic carbocycles. The fraction of sp³-hybridized carbons (Fsp3) is 0.174. The molecular weight excluding hydrogens is 535 g/mol. The highest BCUT2D eigenvalue weighted by molar-refractivity contribution is 9.10. The molecule has 0 saturated heterocycles. The van der Waals surface area contributed by atoms with Crippen LogP contribution in [0.15, 0.2) is 82.2 Å². The van der Waals surface area contributed by atoms with Crippen molar-refractivity contribution in [2.45, 2.75) is 24.4 Å². The molecule has 0 aliphatic rings. The fourth-order valence-electron chi connectivity index (χ4n) is 3.06. The largest absolute Gasteiger partial charge is 0.348 e. The Morgan fingerprint density at radius 3 is 2.03 bits per heavy atom. The van der Waals surface area contributed by atoms with E-state index in [4.69, 9.17) is 23.2 Å². The first-order chi connectivity index (χ1) is 15.1. The minimum absolute atomic E-state index is 0.0426. The van der Waals surface area contributed by atoms with Crippen molar-refractivity contribution in [1.29, 1.82) is 0 Å². The van der Waals surface area contributed by atoms with Crippen molar-refractivity contribution in [2.24, 2.45) is 0 Å². The number of benzene rings is 3. The quantitative estimate of drug-likeness (QED) is 0.380. The molecule has 1 atom stereocenters. The molecule has 0 radical (unpaired) electrons. The monoisotopic (exact) mass is 554 g/mol. The maximum atomic E-state index is 13.3. The molecule has 9 heteroatoms. The number of nitrogens with one attached hydrogen (secondary N) is 1. The second kappa shape index (κ2) is 10.8. The molecule has 0 aromatic heterocycles. The predicted molar refractivity (Wildman–Crippen MR) is 131 cm³/mol. The van der Waals surface area contributed by atoms with Crippen LogP contribution in [0.4, 0.5) is 0 Å². The molecule has 3 aromatic rings. The third-order valence-electron chi connectivity index (χ3n) is 4.79. The number of hydrogen-bond donors (Lipinski definition) is 1. The van der Waals surface area contributed by atoms with Gasteiger partial charge < -0.3 is 5.32 Å². The van der Waals surface area contributed by atoms with Crippen LogP contribution in [0.1, 0.15) is 24.1 Å². The molecule has 0 fully saturated rings. The molecule has 32 heavy (non-hydrogen) atoms. The normalized spacial score (nSPS) is 12.5.